The maximum Gasteiger partial charge on any atom is 0.322 e. The zero-order valence-corrected chi connectivity index (χ0v) is 16.5. The van der Waals surface area contributed by atoms with Crippen LogP contribution in [0.3, 0.4) is 0 Å². The zero-order chi connectivity index (χ0) is 20.2. The molecule has 0 aromatic heterocycles. The standard InChI is InChI=1S/C22H26N4O3/c1-16-13-26(15-20(29-16)17-7-3-2-4-8-17)22(28)24-19-10-6-5-9-18(19)14-25-12-11-23-21(25)27/h2-10,16,20H,11-15H2,1H3,(H,23,27)(H,24,28)/t16-,20-/m1/s1. The maximum atomic E-state index is 13.0. The Morgan fingerprint density at radius 1 is 1.14 bits per heavy atom. The molecule has 4 amide bonds. The monoisotopic (exact) mass is 394 g/mol. The van der Waals surface area contributed by atoms with Gasteiger partial charge in [0.25, 0.3) is 0 Å². The first kappa shape index (κ1) is 19.3. The first-order valence-corrected chi connectivity index (χ1v) is 9.97. The third-order valence-electron chi connectivity index (χ3n) is 5.28. The summed E-state index contributed by atoms with van der Waals surface area (Å²) < 4.78 is 6.05. The Morgan fingerprint density at radius 3 is 2.66 bits per heavy atom. The molecule has 7 heteroatoms. The van der Waals surface area contributed by atoms with E-state index in [-0.39, 0.29) is 24.3 Å². The van der Waals surface area contributed by atoms with Gasteiger partial charge in [-0.25, -0.2) is 9.59 Å². The van der Waals surface area contributed by atoms with E-state index in [1.165, 1.54) is 0 Å². The Balaban J connectivity index is 1.45. The first-order chi connectivity index (χ1) is 14.1. The molecule has 0 unspecified atom stereocenters. The van der Waals surface area contributed by atoms with Gasteiger partial charge in [0.15, 0.2) is 0 Å². The van der Waals surface area contributed by atoms with E-state index >= 15 is 0 Å². The van der Waals surface area contributed by atoms with Crippen LogP contribution in [0.5, 0.6) is 0 Å². The molecule has 2 fully saturated rings. The minimum atomic E-state index is -0.153. The van der Waals surface area contributed by atoms with E-state index < -0.39 is 0 Å². The van der Waals surface area contributed by atoms with Gasteiger partial charge in [-0.2, -0.15) is 0 Å². The van der Waals surface area contributed by atoms with Gasteiger partial charge >= 0.3 is 12.1 Å². The van der Waals surface area contributed by atoms with Gasteiger partial charge in [-0.15, -0.1) is 0 Å². The molecule has 0 aliphatic carbocycles. The lowest BCUT2D eigenvalue weighted by Crippen LogP contribution is -2.47. The number of benzene rings is 2. The predicted molar refractivity (Wildman–Crippen MR) is 111 cm³/mol. The summed E-state index contributed by atoms with van der Waals surface area (Å²) in [5.74, 6) is 0. The van der Waals surface area contributed by atoms with Crippen LogP contribution in [-0.4, -0.2) is 54.1 Å². The van der Waals surface area contributed by atoms with E-state index in [0.29, 0.717) is 32.7 Å². The Bertz CT molecular complexity index is 873. The fourth-order valence-electron chi connectivity index (χ4n) is 3.81. The summed E-state index contributed by atoms with van der Waals surface area (Å²) in [5.41, 5.74) is 2.71. The second-order valence-electron chi connectivity index (χ2n) is 7.49. The van der Waals surface area contributed by atoms with E-state index in [2.05, 4.69) is 10.6 Å². The number of urea groups is 2. The van der Waals surface area contributed by atoms with Crippen molar-refractivity contribution in [2.75, 3.05) is 31.5 Å². The van der Waals surface area contributed by atoms with E-state index in [1.807, 2.05) is 61.5 Å². The number of hydrogen-bond donors (Lipinski definition) is 2. The van der Waals surface area contributed by atoms with E-state index in [4.69, 9.17) is 4.74 Å². The lowest BCUT2D eigenvalue weighted by Gasteiger charge is -2.37. The van der Waals surface area contributed by atoms with Crippen molar-refractivity contribution in [3.8, 4) is 0 Å². The van der Waals surface area contributed by atoms with E-state index in [1.54, 1.807) is 9.80 Å². The smallest absolute Gasteiger partial charge is 0.322 e. The van der Waals surface area contributed by atoms with Gasteiger partial charge in [0, 0.05) is 31.9 Å². The molecule has 7 nitrogen and oxygen atoms in total. The number of nitrogens with one attached hydrogen (secondary N) is 2. The van der Waals surface area contributed by atoms with Crippen molar-refractivity contribution in [3.05, 3.63) is 65.7 Å². The van der Waals surface area contributed by atoms with Crippen LogP contribution in [-0.2, 0) is 11.3 Å². The molecule has 0 spiro atoms. The van der Waals surface area contributed by atoms with Crippen molar-refractivity contribution in [3.63, 3.8) is 0 Å². The molecule has 2 atom stereocenters. The molecule has 2 heterocycles. The van der Waals surface area contributed by atoms with Crippen molar-refractivity contribution >= 4 is 17.7 Å². The molecule has 2 aromatic rings. The summed E-state index contributed by atoms with van der Waals surface area (Å²) in [5, 5.41) is 5.84. The number of carbonyl (C=O) groups excluding carboxylic acids is 2. The van der Waals surface area contributed by atoms with Crippen molar-refractivity contribution in [2.45, 2.75) is 25.7 Å². The number of amides is 4. The van der Waals surface area contributed by atoms with Crippen LogP contribution in [0, 0.1) is 0 Å². The fourth-order valence-corrected chi connectivity index (χ4v) is 3.81. The number of nitrogens with zero attached hydrogens (tertiary/aromatic N) is 2. The molecule has 4 rings (SSSR count). The maximum absolute atomic E-state index is 13.0. The number of rotatable bonds is 4. The molecule has 2 aliphatic heterocycles. The van der Waals surface area contributed by atoms with Crippen LogP contribution < -0.4 is 10.6 Å². The van der Waals surface area contributed by atoms with Gasteiger partial charge in [-0.3, -0.25) is 0 Å². The van der Waals surface area contributed by atoms with Gasteiger partial charge in [-0.1, -0.05) is 48.5 Å². The second-order valence-corrected chi connectivity index (χ2v) is 7.49. The fraction of sp³-hybridized carbons (Fsp3) is 0.364. The van der Waals surface area contributed by atoms with Crippen molar-refractivity contribution in [1.82, 2.24) is 15.1 Å². The molecular weight excluding hydrogens is 368 g/mol. The average Bonchev–Trinajstić information content (AvgIpc) is 3.14. The quantitative estimate of drug-likeness (QED) is 0.836. The highest BCUT2D eigenvalue weighted by molar-refractivity contribution is 5.90. The SMILES string of the molecule is C[C@@H]1CN(C(=O)Nc2ccccc2CN2CCNC2=O)C[C@H](c2ccccc2)O1. The molecular formula is C22H26N4O3. The van der Waals surface area contributed by atoms with E-state index in [9.17, 15) is 9.59 Å². The number of morpholine rings is 1. The van der Waals surface area contributed by atoms with Gasteiger partial charge in [0.05, 0.1) is 12.6 Å². The van der Waals surface area contributed by atoms with Crippen molar-refractivity contribution < 1.29 is 14.3 Å². The molecule has 152 valence electrons. The molecule has 0 radical (unpaired) electrons. The summed E-state index contributed by atoms with van der Waals surface area (Å²) in [4.78, 5) is 28.4. The highest BCUT2D eigenvalue weighted by Gasteiger charge is 2.30. The topological polar surface area (TPSA) is 73.9 Å². The molecule has 29 heavy (non-hydrogen) atoms. The van der Waals surface area contributed by atoms with Crippen LogP contribution in [0.25, 0.3) is 0 Å². The first-order valence-electron chi connectivity index (χ1n) is 9.97. The number of hydrogen-bond acceptors (Lipinski definition) is 3. The summed E-state index contributed by atoms with van der Waals surface area (Å²) in [7, 11) is 0. The Kier molecular flexibility index (Phi) is 5.67. The zero-order valence-electron chi connectivity index (χ0n) is 16.5. The van der Waals surface area contributed by atoms with Crippen LogP contribution in [0.1, 0.15) is 24.2 Å². The Hall–Kier alpha value is -3.06. The van der Waals surface area contributed by atoms with Gasteiger partial charge in [0.2, 0.25) is 0 Å². The highest BCUT2D eigenvalue weighted by Crippen LogP contribution is 2.26. The minimum Gasteiger partial charge on any atom is -0.367 e. The molecule has 2 N–H and O–H groups in total. The van der Waals surface area contributed by atoms with Crippen molar-refractivity contribution in [2.24, 2.45) is 0 Å². The number of ether oxygens (including phenoxy) is 1. The average molecular weight is 394 g/mol. The molecule has 2 aliphatic rings. The predicted octanol–water partition coefficient (Wildman–Crippen LogP) is 3.21. The third-order valence-corrected chi connectivity index (χ3v) is 5.28. The Morgan fingerprint density at radius 2 is 1.90 bits per heavy atom. The second kappa shape index (κ2) is 8.53. The summed E-state index contributed by atoms with van der Waals surface area (Å²) in [6.07, 6.45) is -0.197. The summed E-state index contributed by atoms with van der Waals surface area (Å²) in [6.45, 7) is 4.80. The van der Waals surface area contributed by atoms with Crippen LogP contribution in [0.2, 0.25) is 0 Å². The third kappa shape index (κ3) is 4.51. The summed E-state index contributed by atoms with van der Waals surface area (Å²) >= 11 is 0. The van der Waals surface area contributed by atoms with Crippen LogP contribution >= 0.6 is 0 Å². The minimum absolute atomic E-state index is 0.0526. The lowest BCUT2D eigenvalue weighted by atomic mass is 10.1. The van der Waals surface area contributed by atoms with Crippen molar-refractivity contribution in [1.29, 1.82) is 0 Å². The number of carbonyl (C=O) groups is 2. The van der Waals surface area contributed by atoms with Gasteiger partial charge in [-0.05, 0) is 24.1 Å². The largest absolute Gasteiger partial charge is 0.367 e. The normalized spacial score (nSPS) is 21.8. The van der Waals surface area contributed by atoms with Gasteiger partial charge < -0.3 is 25.2 Å². The van der Waals surface area contributed by atoms with Crippen LogP contribution in [0.15, 0.2) is 54.6 Å². The molecule has 2 saturated heterocycles. The number of anilines is 1. The summed E-state index contributed by atoms with van der Waals surface area (Å²) in [6, 6.07) is 17.4. The van der Waals surface area contributed by atoms with Gasteiger partial charge in [0.1, 0.15) is 6.10 Å². The number of para-hydroxylation sites is 1. The molecule has 2 aromatic carbocycles. The molecule has 0 saturated carbocycles. The molecule has 0 bridgehead atoms. The highest BCUT2D eigenvalue weighted by atomic mass is 16.5. The van der Waals surface area contributed by atoms with Crippen LogP contribution in [0.4, 0.5) is 15.3 Å². The Labute approximate surface area is 170 Å². The van der Waals surface area contributed by atoms with E-state index in [0.717, 1.165) is 16.8 Å². The lowest BCUT2D eigenvalue weighted by molar-refractivity contribution is -0.0642.